The van der Waals surface area contributed by atoms with Crippen LogP contribution in [0.3, 0.4) is 0 Å². The smallest absolute Gasteiger partial charge is 0.222 e. The summed E-state index contributed by atoms with van der Waals surface area (Å²) in [6.07, 6.45) is 8.37. The second-order valence-corrected chi connectivity index (χ2v) is 6.45. The molecule has 0 N–H and O–H groups in total. The summed E-state index contributed by atoms with van der Waals surface area (Å²) in [5.74, 6) is 0.740. The molecule has 0 aromatic rings. The molecule has 0 heterocycles. The van der Waals surface area contributed by atoms with Gasteiger partial charge in [0, 0.05) is 26.6 Å². The van der Waals surface area contributed by atoms with E-state index in [9.17, 15) is 4.79 Å². The van der Waals surface area contributed by atoms with Crippen LogP contribution in [-0.4, -0.2) is 37.1 Å². The summed E-state index contributed by atoms with van der Waals surface area (Å²) in [6.45, 7) is 10.1. The first-order valence-corrected chi connectivity index (χ1v) is 8.29. The highest BCUT2D eigenvalue weighted by Crippen LogP contribution is 2.08. The summed E-state index contributed by atoms with van der Waals surface area (Å²) in [5, 5.41) is 0. The maximum absolute atomic E-state index is 11.8. The quantitative estimate of drug-likeness (QED) is 0.501. The summed E-state index contributed by atoms with van der Waals surface area (Å²) >= 11 is 0. The van der Waals surface area contributed by atoms with Crippen molar-refractivity contribution < 1.29 is 9.53 Å². The van der Waals surface area contributed by atoms with Crippen LogP contribution in [0.5, 0.6) is 0 Å². The van der Waals surface area contributed by atoms with Crippen molar-refractivity contribution in [3.05, 3.63) is 0 Å². The summed E-state index contributed by atoms with van der Waals surface area (Å²) in [6, 6.07) is 0. The Hall–Kier alpha value is -0.570. The van der Waals surface area contributed by atoms with Crippen LogP contribution in [0.15, 0.2) is 0 Å². The van der Waals surface area contributed by atoms with Crippen molar-refractivity contribution in [1.82, 2.24) is 4.90 Å². The van der Waals surface area contributed by atoms with E-state index in [1.54, 1.807) is 0 Å². The van der Waals surface area contributed by atoms with Crippen molar-refractivity contribution in [3.8, 4) is 0 Å². The van der Waals surface area contributed by atoms with Gasteiger partial charge < -0.3 is 9.64 Å². The van der Waals surface area contributed by atoms with Crippen molar-refractivity contribution in [1.29, 1.82) is 0 Å². The Balaban J connectivity index is 3.33. The Morgan fingerprint density at radius 3 is 2.05 bits per heavy atom. The second-order valence-electron chi connectivity index (χ2n) is 6.45. The number of amides is 1. The summed E-state index contributed by atoms with van der Waals surface area (Å²) in [7, 11) is 1.92. The van der Waals surface area contributed by atoms with Crippen molar-refractivity contribution in [2.24, 2.45) is 5.92 Å². The van der Waals surface area contributed by atoms with Crippen LogP contribution < -0.4 is 0 Å². The number of unbranched alkanes of at least 4 members (excludes halogenated alkanes) is 5. The van der Waals surface area contributed by atoms with Gasteiger partial charge in [0.15, 0.2) is 0 Å². The van der Waals surface area contributed by atoms with Gasteiger partial charge in [0.1, 0.15) is 0 Å². The molecule has 0 fully saturated rings. The van der Waals surface area contributed by atoms with Crippen LogP contribution in [0, 0.1) is 5.92 Å². The Kier molecular flexibility index (Phi) is 11.8. The Bertz CT molecular complexity index is 239. The molecule has 120 valence electrons. The van der Waals surface area contributed by atoms with Crippen LogP contribution >= 0.6 is 0 Å². The molecular formula is C17H35NO2. The Morgan fingerprint density at radius 2 is 1.50 bits per heavy atom. The Morgan fingerprint density at radius 1 is 0.950 bits per heavy atom. The lowest BCUT2D eigenvalue weighted by Crippen LogP contribution is -2.28. The van der Waals surface area contributed by atoms with Crippen LogP contribution in [0.1, 0.15) is 72.6 Å². The maximum atomic E-state index is 11.8. The van der Waals surface area contributed by atoms with E-state index in [0.717, 1.165) is 19.6 Å². The van der Waals surface area contributed by atoms with E-state index in [0.29, 0.717) is 18.4 Å². The normalized spacial score (nSPS) is 11.3. The first-order valence-electron chi connectivity index (χ1n) is 8.29. The van der Waals surface area contributed by atoms with Gasteiger partial charge in [0.2, 0.25) is 5.91 Å². The zero-order valence-electron chi connectivity index (χ0n) is 14.3. The molecule has 0 atom stereocenters. The van der Waals surface area contributed by atoms with E-state index in [2.05, 4.69) is 27.7 Å². The average molecular weight is 285 g/mol. The summed E-state index contributed by atoms with van der Waals surface area (Å²) in [4.78, 5) is 13.6. The molecule has 0 saturated carbocycles. The van der Waals surface area contributed by atoms with Crippen LogP contribution in [0.25, 0.3) is 0 Å². The molecule has 3 nitrogen and oxygen atoms in total. The maximum Gasteiger partial charge on any atom is 0.222 e. The van der Waals surface area contributed by atoms with Crippen LogP contribution in [0.4, 0.5) is 0 Å². The van der Waals surface area contributed by atoms with Gasteiger partial charge in [0.25, 0.3) is 0 Å². The fourth-order valence-corrected chi connectivity index (χ4v) is 2.11. The van der Waals surface area contributed by atoms with E-state index in [1.807, 2.05) is 11.9 Å². The van der Waals surface area contributed by atoms with Gasteiger partial charge in [-0.05, 0) is 32.6 Å². The van der Waals surface area contributed by atoms with Crippen LogP contribution in [0.2, 0.25) is 0 Å². The first kappa shape index (κ1) is 19.4. The second kappa shape index (κ2) is 12.2. The predicted octanol–water partition coefficient (Wildman–Crippen LogP) is 4.26. The lowest BCUT2D eigenvalue weighted by Gasteiger charge is -2.18. The van der Waals surface area contributed by atoms with E-state index in [-0.39, 0.29) is 5.91 Å². The van der Waals surface area contributed by atoms with E-state index >= 15 is 0 Å². The lowest BCUT2D eigenvalue weighted by atomic mass is 10.1. The van der Waals surface area contributed by atoms with Crippen molar-refractivity contribution in [2.75, 3.05) is 20.2 Å². The number of carbonyl (C=O) groups is 1. The molecule has 0 aromatic carbocycles. The van der Waals surface area contributed by atoms with E-state index in [1.165, 1.54) is 32.1 Å². The molecule has 1 amide bonds. The molecule has 0 unspecified atom stereocenters. The predicted molar refractivity (Wildman–Crippen MR) is 85.9 cm³/mol. The topological polar surface area (TPSA) is 29.5 Å². The fourth-order valence-electron chi connectivity index (χ4n) is 2.11. The molecular weight excluding hydrogens is 250 g/mol. The van der Waals surface area contributed by atoms with E-state index in [4.69, 9.17) is 4.74 Å². The standard InChI is InChI=1S/C17H35NO2/c1-15(2)14-17(19)18(5)12-10-8-6-7-9-11-13-20-16(3)4/h15-16H,6-14H2,1-5H3. The van der Waals surface area contributed by atoms with Gasteiger partial charge >= 0.3 is 0 Å². The zero-order chi connectivity index (χ0) is 15.4. The van der Waals surface area contributed by atoms with Gasteiger partial charge in [0.05, 0.1) is 6.10 Å². The summed E-state index contributed by atoms with van der Waals surface area (Å²) in [5.41, 5.74) is 0. The van der Waals surface area contributed by atoms with Crippen molar-refractivity contribution >= 4 is 5.91 Å². The highest BCUT2D eigenvalue weighted by Gasteiger charge is 2.09. The number of nitrogens with zero attached hydrogens (tertiary/aromatic N) is 1. The molecule has 0 bridgehead atoms. The molecule has 0 rings (SSSR count). The number of carbonyl (C=O) groups excluding carboxylic acids is 1. The Labute approximate surface area is 126 Å². The van der Waals surface area contributed by atoms with Gasteiger partial charge in [-0.25, -0.2) is 0 Å². The van der Waals surface area contributed by atoms with Crippen LogP contribution in [-0.2, 0) is 9.53 Å². The monoisotopic (exact) mass is 285 g/mol. The number of ether oxygens (including phenoxy) is 1. The number of hydrogen-bond acceptors (Lipinski definition) is 2. The third-order valence-corrected chi connectivity index (χ3v) is 3.35. The zero-order valence-corrected chi connectivity index (χ0v) is 14.3. The molecule has 0 aliphatic heterocycles. The molecule has 0 spiro atoms. The van der Waals surface area contributed by atoms with Crippen molar-refractivity contribution in [2.45, 2.75) is 78.7 Å². The lowest BCUT2D eigenvalue weighted by molar-refractivity contribution is -0.130. The number of hydrogen-bond donors (Lipinski definition) is 0. The number of rotatable bonds is 12. The molecule has 0 aromatic heterocycles. The molecule has 0 aliphatic carbocycles. The minimum atomic E-state index is 0.283. The van der Waals surface area contributed by atoms with Gasteiger partial charge in [-0.1, -0.05) is 39.5 Å². The highest BCUT2D eigenvalue weighted by atomic mass is 16.5. The molecule has 20 heavy (non-hydrogen) atoms. The van der Waals surface area contributed by atoms with E-state index < -0.39 is 0 Å². The van der Waals surface area contributed by atoms with Gasteiger partial charge in [-0.15, -0.1) is 0 Å². The molecule has 0 aliphatic rings. The van der Waals surface area contributed by atoms with Gasteiger partial charge in [-0.3, -0.25) is 4.79 Å². The van der Waals surface area contributed by atoms with Gasteiger partial charge in [-0.2, -0.15) is 0 Å². The molecule has 3 heteroatoms. The average Bonchev–Trinajstić information content (AvgIpc) is 2.35. The summed E-state index contributed by atoms with van der Waals surface area (Å²) < 4.78 is 5.51. The highest BCUT2D eigenvalue weighted by molar-refractivity contribution is 5.75. The largest absolute Gasteiger partial charge is 0.379 e. The molecule has 0 radical (unpaired) electrons. The first-order chi connectivity index (χ1) is 9.43. The molecule has 0 saturated heterocycles. The minimum Gasteiger partial charge on any atom is -0.379 e. The fraction of sp³-hybridized carbons (Fsp3) is 0.941. The minimum absolute atomic E-state index is 0.283. The third-order valence-electron chi connectivity index (χ3n) is 3.35. The SMILES string of the molecule is CC(C)CC(=O)N(C)CCCCCCCCOC(C)C. The van der Waals surface area contributed by atoms with Crippen molar-refractivity contribution in [3.63, 3.8) is 0 Å². The third kappa shape index (κ3) is 12.5.